The molecular weight excluding hydrogens is 462 g/mol. The minimum Gasteiger partial charge on any atom is -0.378 e. The SMILES string of the molecule is CC(C)=CCCN1CCN(c2ccc(-c3cc(-c4cnc(N)nc4)nc(N4CCOCC4)c3)cc2)CC1. The van der Waals surface area contributed by atoms with E-state index in [9.17, 15) is 0 Å². The van der Waals surface area contributed by atoms with Crippen molar-refractivity contribution in [1.82, 2.24) is 19.9 Å². The Morgan fingerprint density at radius 2 is 1.57 bits per heavy atom. The highest BCUT2D eigenvalue weighted by Gasteiger charge is 2.18. The molecule has 0 unspecified atom stereocenters. The van der Waals surface area contributed by atoms with Gasteiger partial charge in [-0.3, -0.25) is 4.90 Å². The van der Waals surface area contributed by atoms with Crippen LogP contribution in [0.4, 0.5) is 17.5 Å². The molecule has 0 amide bonds. The van der Waals surface area contributed by atoms with Gasteiger partial charge in [0.25, 0.3) is 0 Å². The molecule has 2 aromatic heterocycles. The molecule has 0 spiro atoms. The molecule has 37 heavy (non-hydrogen) atoms. The van der Waals surface area contributed by atoms with Crippen LogP contribution in [-0.2, 0) is 4.74 Å². The standard InChI is InChI=1S/C29H37N7O/c1-22(2)4-3-9-34-10-12-35(13-11-34)26-7-5-23(6-8-26)24-18-27(25-20-31-29(30)32-21-25)33-28(19-24)36-14-16-37-17-15-36/h4-8,18-21H,3,9-17H2,1-2H3,(H2,30,31,32). The molecular formula is C29H37N7O. The number of aromatic nitrogens is 3. The van der Waals surface area contributed by atoms with Crippen molar-refractivity contribution in [2.45, 2.75) is 20.3 Å². The van der Waals surface area contributed by atoms with Gasteiger partial charge < -0.3 is 20.3 Å². The third-order valence-electron chi connectivity index (χ3n) is 7.05. The van der Waals surface area contributed by atoms with Gasteiger partial charge in [-0.05, 0) is 55.7 Å². The molecule has 0 saturated carbocycles. The van der Waals surface area contributed by atoms with Crippen LogP contribution in [0.15, 0.2) is 60.4 Å². The molecule has 0 radical (unpaired) electrons. The number of piperazine rings is 1. The molecule has 2 fully saturated rings. The third-order valence-corrected chi connectivity index (χ3v) is 7.05. The monoisotopic (exact) mass is 499 g/mol. The number of nitrogens with two attached hydrogens (primary N) is 1. The maximum Gasteiger partial charge on any atom is 0.219 e. The number of pyridine rings is 1. The first-order valence-electron chi connectivity index (χ1n) is 13.2. The van der Waals surface area contributed by atoms with E-state index in [2.05, 4.69) is 81.0 Å². The molecule has 2 N–H and O–H groups in total. The van der Waals surface area contributed by atoms with Crippen molar-refractivity contribution in [3.63, 3.8) is 0 Å². The Morgan fingerprint density at radius 3 is 2.24 bits per heavy atom. The summed E-state index contributed by atoms with van der Waals surface area (Å²) in [7, 11) is 0. The van der Waals surface area contributed by atoms with E-state index >= 15 is 0 Å². The molecule has 4 heterocycles. The molecule has 0 aliphatic carbocycles. The molecule has 2 aliphatic rings. The number of rotatable bonds is 7. The topological polar surface area (TPSA) is 83.6 Å². The van der Waals surface area contributed by atoms with E-state index in [0.717, 1.165) is 74.9 Å². The summed E-state index contributed by atoms with van der Waals surface area (Å²) < 4.78 is 5.56. The first kappa shape index (κ1) is 25.2. The summed E-state index contributed by atoms with van der Waals surface area (Å²) in [6, 6.07) is 13.2. The quantitative estimate of drug-likeness (QED) is 0.487. The van der Waals surface area contributed by atoms with Crippen LogP contribution in [0, 0.1) is 0 Å². The summed E-state index contributed by atoms with van der Waals surface area (Å²) in [6.45, 7) is 12.9. The van der Waals surface area contributed by atoms with E-state index in [0.29, 0.717) is 13.2 Å². The number of hydrogen-bond donors (Lipinski definition) is 1. The van der Waals surface area contributed by atoms with Gasteiger partial charge in [-0.15, -0.1) is 0 Å². The van der Waals surface area contributed by atoms with E-state index < -0.39 is 0 Å². The lowest BCUT2D eigenvalue weighted by Gasteiger charge is -2.36. The maximum absolute atomic E-state index is 5.71. The summed E-state index contributed by atoms with van der Waals surface area (Å²) in [5, 5.41) is 0. The average molecular weight is 500 g/mol. The van der Waals surface area contributed by atoms with Crippen LogP contribution in [0.1, 0.15) is 20.3 Å². The Balaban J connectivity index is 1.33. The van der Waals surface area contributed by atoms with Gasteiger partial charge in [0.05, 0.1) is 18.9 Å². The Bertz CT molecular complexity index is 1190. The van der Waals surface area contributed by atoms with Crippen molar-refractivity contribution in [3.8, 4) is 22.4 Å². The number of ether oxygens (including phenoxy) is 1. The van der Waals surface area contributed by atoms with E-state index in [-0.39, 0.29) is 5.95 Å². The number of nitrogen functional groups attached to an aromatic ring is 1. The molecule has 2 aliphatic heterocycles. The van der Waals surface area contributed by atoms with Gasteiger partial charge in [0, 0.05) is 69.5 Å². The fourth-order valence-electron chi connectivity index (χ4n) is 4.89. The summed E-state index contributed by atoms with van der Waals surface area (Å²) in [4.78, 5) is 20.6. The van der Waals surface area contributed by atoms with Crippen LogP contribution < -0.4 is 15.5 Å². The highest BCUT2D eigenvalue weighted by molar-refractivity contribution is 5.75. The van der Waals surface area contributed by atoms with Crippen molar-refractivity contribution in [1.29, 1.82) is 0 Å². The summed E-state index contributed by atoms with van der Waals surface area (Å²) >= 11 is 0. The zero-order chi connectivity index (χ0) is 25.6. The van der Waals surface area contributed by atoms with Gasteiger partial charge in [0.15, 0.2) is 0 Å². The summed E-state index contributed by atoms with van der Waals surface area (Å²) in [6.07, 6.45) is 6.94. The number of benzene rings is 1. The van der Waals surface area contributed by atoms with Crippen LogP contribution in [0.2, 0.25) is 0 Å². The van der Waals surface area contributed by atoms with Crippen LogP contribution >= 0.6 is 0 Å². The van der Waals surface area contributed by atoms with Crippen molar-refractivity contribution < 1.29 is 4.74 Å². The lowest BCUT2D eigenvalue weighted by atomic mass is 10.0. The molecule has 3 aromatic rings. The molecule has 2 saturated heterocycles. The zero-order valence-electron chi connectivity index (χ0n) is 21.9. The van der Waals surface area contributed by atoms with Crippen molar-refractivity contribution in [3.05, 3.63) is 60.4 Å². The molecule has 0 bridgehead atoms. The summed E-state index contributed by atoms with van der Waals surface area (Å²) in [5.41, 5.74) is 12.4. The molecule has 5 rings (SSSR count). The Kier molecular flexibility index (Phi) is 7.96. The first-order valence-corrected chi connectivity index (χ1v) is 13.2. The van der Waals surface area contributed by atoms with E-state index in [1.807, 2.05) is 0 Å². The van der Waals surface area contributed by atoms with E-state index in [1.54, 1.807) is 12.4 Å². The minimum absolute atomic E-state index is 0.262. The highest BCUT2D eigenvalue weighted by atomic mass is 16.5. The fourth-order valence-corrected chi connectivity index (χ4v) is 4.89. The lowest BCUT2D eigenvalue weighted by molar-refractivity contribution is 0.122. The Labute approximate surface area is 219 Å². The van der Waals surface area contributed by atoms with E-state index in [4.69, 9.17) is 15.5 Å². The van der Waals surface area contributed by atoms with Gasteiger partial charge in [-0.25, -0.2) is 15.0 Å². The second kappa shape index (κ2) is 11.7. The van der Waals surface area contributed by atoms with Gasteiger partial charge >= 0.3 is 0 Å². The predicted octanol–water partition coefficient (Wildman–Crippen LogP) is 4.10. The second-order valence-electron chi connectivity index (χ2n) is 9.97. The Hall–Kier alpha value is -3.49. The van der Waals surface area contributed by atoms with Crippen molar-refractivity contribution in [2.75, 3.05) is 74.6 Å². The molecule has 194 valence electrons. The molecule has 8 nitrogen and oxygen atoms in total. The number of nitrogens with zero attached hydrogens (tertiary/aromatic N) is 6. The lowest BCUT2D eigenvalue weighted by Crippen LogP contribution is -2.46. The van der Waals surface area contributed by atoms with E-state index in [1.165, 1.54) is 16.8 Å². The molecule has 1 aromatic carbocycles. The normalized spacial score (nSPS) is 16.6. The number of morpholine rings is 1. The smallest absolute Gasteiger partial charge is 0.219 e. The first-order chi connectivity index (χ1) is 18.0. The Morgan fingerprint density at radius 1 is 0.865 bits per heavy atom. The second-order valence-corrected chi connectivity index (χ2v) is 9.97. The van der Waals surface area contributed by atoms with Crippen LogP contribution in [0.3, 0.4) is 0 Å². The third kappa shape index (κ3) is 6.45. The maximum atomic E-state index is 5.71. The van der Waals surface area contributed by atoms with Gasteiger partial charge in [-0.1, -0.05) is 23.8 Å². The number of hydrogen-bond acceptors (Lipinski definition) is 8. The largest absolute Gasteiger partial charge is 0.378 e. The fraction of sp³-hybridized carbons (Fsp3) is 0.414. The van der Waals surface area contributed by atoms with Gasteiger partial charge in [-0.2, -0.15) is 0 Å². The van der Waals surface area contributed by atoms with Crippen LogP contribution in [-0.4, -0.2) is 78.9 Å². The number of anilines is 3. The highest BCUT2D eigenvalue weighted by Crippen LogP contribution is 2.31. The molecule has 0 atom stereocenters. The minimum atomic E-state index is 0.262. The van der Waals surface area contributed by atoms with Crippen LogP contribution in [0.25, 0.3) is 22.4 Å². The predicted molar refractivity (Wildman–Crippen MR) is 151 cm³/mol. The van der Waals surface area contributed by atoms with Crippen molar-refractivity contribution in [2.24, 2.45) is 0 Å². The molecule has 8 heteroatoms. The van der Waals surface area contributed by atoms with Crippen molar-refractivity contribution >= 4 is 17.5 Å². The van der Waals surface area contributed by atoms with Gasteiger partial charge in [0.2, 0.25) is 5.95 Å². The van der Waals surface area contributed by atoms with Crippen LogP contribution in [0.5, 0.6) is 0 Å². The average Bonchev–Trinajstić information content (AvgIpc) is 2.94. The van der Waals surface area contributed by atoms with Gasteiger partial charge in [0.1, 0.15) is 5.82 Å². The zero-order valence-corrected chi connectivity index (χ0v) is 21.9. The number of allylic oxidation sites excluding steroid dienone is 1. The summed E-state index contributed by atoms with van der Waals surface area (Å²) in [5.74, 6) is 1.21.